The molecule has 1 aliphatic heterocycles. The number of rotatable bonds is 4. The largest absolute Gasteiger partial charge is 0.444 e. The van der Waals surface area contributed by atoms with Crippen LogP contribution in [-0.4, -0.2) is 37.0 Å². The molecule has 0 saturated carbocycles. The summed E-state index contributed by atoms with van der Waals surface area (Å²) in [6, 6.07) is 13.6. The van der Waals surface area contributed by atoms with Gasteiger partial charge in [0, 0.05) is 6.54 Å². The van der Waals surface area contributed by atoms with Gasteiger partial charge >= 0.3 is 6.09 Å². The van der Waals surface area contributed by atoms with Crippen LogP contribution in [0.25, 0.3) is 0 Å². The Bertz CT molecular complexity index is 1010. The van der Waals surface area contributed by atoms with Crippen molar-refractivity contribution in [2.45, 2.75) is 63.6 Å². The van der Waals surface area contributed by atoms with E-state index in [1.54, 1.807) is 45.0 Å². The second-order valence-electron chi connectivity index (χ2n) is 8.77. The first-order valence-electron chi connectivity index (χ1n) is 10.1. The fourth-order valence-electron chi connectivity index (χ4n) is 3.78. The number of hydrogen-bond donors (Lipinski definition) is 1. The monoisotopic (exact) mass is 430 g/mol. The van der Waals surface area contributed by atoms with Crippen molar-refractivity contribution in [2.24, 2.45) is 0 Å². The lowest BCUT2D eigenvalue weighted by Gasteiger charge is -2.30. The molecular formula is C23H30N2O4S. The second-order valence-corrected chi connectivity index (χ2v) is 10.7. The van der Waals surface area contributed by atoms with Gasteiger partial charge in [-0.15, -0.1) is 0 Å². The number of nitrogens with one attached hydrogen (secondary N) is 1. The van der Waals surface area contributed by atoms with Gasteiger partial charge in [0.1, 0.15) is 5.60 Å². The average Bonchev–Trinajstić information content (AvgIpc) is 3.05. The molecule has 0 bridgehead atoms. The van der Waals surface area contributed by atoms with E-state index < -0.39 is 27.8 Å². The number of carbonyl (C=O) groups excluding carboxylic acids is 1. The summed E-state index contributed by atoms with van der Waals surface area (Å²) in [5.74, 6) is 0. The highest BCUT2D eigenvalue weighted by Crippen LogP contribution is 2.38. The number of amides is 1. The van der Waals surface area contributed by atoms with Gasteiger partial charge in [0.05, 0.1) is 17.0 Å². The molecule has 0 aliphatic carbocycles. The van der Waals surface area contributed by atoms with Gasteiger partial charge in [0.25, 0.3) is 0 Å². The van der Waals surface area contributed by atoms with Crippen molar-refractivity contribution in [3.8, 4) is 0 Å². The maximum atomic E-state index is 13.5. The van der Waals surface area contributed by atoms with Crippen molar-refractivity contribution in [1.29, 1.82) is 0 Å². The minimum Gasteiger partial charge on any atom is -0.444 e. The zero-order valence-corrected chi connectivity index (χ0v) is 19.0. The molecule has 3 rings (SSSR count). The van der Waals surface area contributed by atoms with Gasteiger partial charge in [0.2, 0.25) is 10.0 Å². The lowest BCUT2D eigenvalue weighted by molar-refractivity contribution is 0.0496. The van der Waals surface area contributed by atoms with Crippen molar-refractivity contribution in [3.05, 3.63) is 65.2 Å². The van der Waals surface area contributed by atoms with E-state index in [9.17, 15) is 13.2 Å². The Hall–Kier alpha value is -2.38. The highest BCUT2D eigenvalue weighted by atomic mass is 32.2. The van der Waals surface area contributed by atoms with Crippen LogP contribution in [0.4, 0.5) is 4.79 Å². The predicted molar refractivity (Wildman–Crippen MR) is 117 cm³/mol. The number of carbonyl (C=O) groups is 1. The first-order chi connectivity index (χ1) is 14.0. The van der Waals surface area contributed by atoms with Gasteiger partial charge in [-0.25, -0.2) is 13.2 Å². The number of sulfonamides is 1. The number of ether oxygens (including phenoxy) is 1. The standard InChI is InChI=1S/C23H30N2O4S/c1-16-10-12-18(13-11-16)30(27,28)25-15-14-20(24-22(26)29-23(3,4)5)21(25)19-9-7-6-8-17(19)2/h6-13,20-21H,14-15H2,1-5H3,(H,24,26)/t20-,21+/m1/s1. The molecule has 2 atom stereocenters. The van der Waals surface area contributed by atoms with Crippen molar-refractivity contribution in [3.63, 3.8) is 0 Å². The van der Waals surface area contributed by atoms with Crippen LogP contribution in [0.2, 0.25) is 0 Å². The molecule has 0 unspecified atom stereocenters. The molecule has 2 aromatic rings. The van der Waals surface area contributed by atoms with Crippen LogP contribution in [0.5, 0.6) is 0 Å². The Labute approximate surface area is 179 Å². The highest BCUT2D eigenvalue weighted by molar-refractivity contribution is 7.89. The van der Waals surface area contributed by atoms with Gasteiger partial charge < -0.3 is 10.1 Å². The maximum Gasteiger partial charge on any atom is 0.407 e. The smallest absolute Gasteiger partial charge is 0.407 e. The number of nitrogens with zero attached hydrogens (tertiary/aromatic N) is 1. The summed E-state index contributed by atoms with van der Waals surface area (Å²) in [7, 11) is -3.73. The van der Waals surface area contributed by atoms with Gasteiger partial charge in [-0.3, -0.25) is 0 Å². The van der Waals surface area contributed by atoms with E-state index in [0.29, 0.717) is 13.0 Å². The van der Waals surface area contributed by atoms with E-state index in [-0.39, 0.29) is 10.9 Å². The highest BCUT2D eigenvalue weighted by Gasteiger charge is 2.44. The maximum absolute atomic E-state index is 13.5. The summed E-state index contributed by atoms with van der Waals surface area (Å²) in [5, 5.41) is 2.91. The van der Waals surface area contributed by atoms with E-state index in [1.807, 2.05) is 38.1 Å². The predicted octanol–water partition coefficient (Wildman–Crippen LogP) is 4.33. The van der Waals surface area contributed by atoms with Crippen molar-refractivity contribution in [2.75, 3.05) is 6.54 Å². The molecule has 1 saturated heterocycles. The summed E-state index contributed by atoms with van der Waals surface area (Å²) in [5.41, 5.74) is 2.22. The molecule has 1 N–H and O–H groups in total. The molecule has 0 aromatic heterocycles. The quantitative estimate of drug-likeness (QED) is 0.783. The van der Waals surface area contributed by atoms with Gasteiger partial charge in [-0.1, -0.05) is 42.0 Å². The summed E-state index contributed by atoms with van der Waals surface area (Å²) in [6.45, 7) is 9.59. The third-order valence-corrected chi connectivity index (χ3v) is 7.08. The lowest BCUT2D eigenvalue weighted by atomic mass is 9.97. The van der Waals surface area contributed by atoms with Gasteiger partial charge in [0.15, 0.2) is 0 Å². The molecule has 30 heavy (non-hydrogen) atoms. The first kappa shape index (κ1) is 22.3. The third-order valence-electron chi connectivity index (χ3n) is 5.19. The Morgan fingerprint density at radius 1 is 1.07 bits per heavy atom. The average molecular weight is 431 g/mol. The summed E-state index contributed by atoms with van der Waals surface area (Å²) in [4.78, 5) is 12.7. The van der Waals surface area contributed by atoms with Crippen molar-refractivity contribution < 1.29 is 17.9 Å². The fourth-order valence-corrected chi connectivity index (χ4v) is 5.44. The Kier molecular flexibility index (Phi) is 6.24. The topological polar surface area (TPSA) is 75.7 Å². The number of alkyl carbamates (subject to hydrolysis) is 1. The minimum absolute atomic E-state index is 0.254. The Morgan fingerprint density at radius 3 is 2.30 bits per heavy atom. The van der Waals surface area contributed by atoms with E-state index in [1.165, 1.54) is 4.31 Å². The molecule has 0 spiro atoms. The van der Waals surface area contributed by atoms with Crippen LogP contribution in [0.3, 0.4) is 0 Å². The molecule has 1 aliphatic rings. The zero-order valence-electron chi connectivity index (χ0n) is 18.2. The minimum atomic E-state index is -3.73. The van der Waals surface area contributed by atoms with Crippen LogP contribution in [-0.2, 0) is 14.8 Å². The molecule has 2 aromatic carbocycles. The van der Waals surface area contributed by atoms with Crippen LogP contribution >= 0.6 is 0 Å². The summed E-state index contributed by atoms with van der Waals surface area (Å²) in [6.07, 6.45) is -0.0377. The Balaban J connectivity index is 1.98. The van der Waals surface area contributed by atoms with E-state index in [0.717, 1.165) is 16.7 Å². The normalized spacial score (nSPS) is 20.2. The van der Waals surface area contributed by atoms with E-state index in [2.05, 4.69) is 5.32 Å². The fraction of sp³-hybridized carbons (Fsp3) is 0.435. The zero-order chi connectivity index (χ0) is 22.1. The number of aryl methyl sites for hydroxylation is 2. The van der Waals surface area contributed by atoms with Crippen LogP contribution in [0.15, 0.2) is 53.4 Å². The molecule has 0 radical (unpaired) electrons. The molecule has 1 heterocycles. The molecular weight excluding hydrogens is 400 g/mol. The molecule has 6 nitrogen and oxygen atoms in total. The molecule has 1 fully saturated rings. The van der Waals surface area contributed by atoms with E-state index in [4.69, 9.17) is 4.74 Å². The van der Waals surface area contributed by atoms with E-state index >= 15 is 0 Å². The van der Waals surface area contributed by atoms with Crippen molar-refractivity contribution in [1.82, 2.24) is 9.62 Å². The van der Waals surface area contributed by atoms with Gasteiger partial charge in [-0.05, 0) is 64.3 Å². The molecule has 162 valence electrons. The summed E-state index contributed by atoms with van der Waals surface area (Å²) >= 11 is 0. The SMILES string of the molecule is Cc1ccc(S(=O)(=O)N2CC[C@@H](NC(=O)OC(C)(C)C)[C@@H]2c2ccccc2C)cc1. The number of hydrogen-bond acceptors (Lipinski definition) is 4. The second kappa shape index (κ2) is 8.40. The van der Waals surface area contributed by atoms with Crippen LogP contribution in [0, 0.1) is 13.8 Å². The van der Waals surface area contributed by atoms with Crippen molar-refractivity contribution >= 4 is 16.1 Å². The third kappa shape index (κ3) is 4.84. The first-order valence-corrected chi connectivity index (χ1v) is 11.6. The van der Waals surface area contributed by atoms with Gasteiger partial charge in [-0.2, -0.15) is 4.31 Å². The molecule has 1 amide bonds. The Morgan fingerprint density at radius 2 is 1.70 bits per heavy atom. The van der Waals surface area contributed by atoms with Crippen LogP contribution in [0.1, 0.15) is 49.9 Å². The van der Waals surface area contributed by atoms with Crippen LogP contribution < -0.4 is 5.32 Å². The number of benzene rings is 2. The lowest BCUT2D eigenvalue weighted by Crippen LogP contribution is -2.43. The molecule has 7 heteroatoms. The summed E-state index contributed by atoms with van der Waals surface area (Å²) < 4.78 is 33.9.